The van der Waals surface area contributed by atoms with Gasteiger partial charge in [-0.1, -0.05) is 5.92 Å². The van der Waals surface area contributed by atoms with Gasteiger partial charge in [0.25, 0.3) is 5.91 Å². The molecule has 1 atom stereocenters. The van der Waals surface area contributed by atoms with Crippen molar-refractivity contribution in [3.05, 3.63) is 127 Å². The first-order valence-corrected chi connectivity index (χ1v) is 31.6. The van der Waals surface area contributed by atoms with E-state index >= 15 is 0 Å². The summed E-state index contributed by atoms with van der Waals surface area (Å²) in [6, 6.07) is 24.6. The molecule has 0 spiro atoms. The highest BCUT2D eigenvalue weighted by Crippen LogP contribution is 2.36. The van der Waals surface area contributed by atoms with Gasteiger partial charge in [-0.05, 0) is 87.7 Å². The highest BCUT2D eigenvalue weighted by Gasteiger charge is 2.37. The Morgan fingerprint density at radius 2 is 0.927 bits per heavy atom. The van der Waals surface area contributed by atoms with Crippen LogP contribution in [0.4, 0.5) is 17.5 Å². The van der Waals surface area contributed by atoms with Crippen LogP contribution in [0.5, 0.6) is 17.2 Å². The van der Waals surface area contributed by atoms with Crippen molar-refractivity contribution in [2.75, 3.05) is 113 Å². The molecule has 0 aromatic carbocycles. The van der Waals surface area contributed by atoms with E-state index in [0.29, 0.717) is 132 Å². The average molecular weight is 1280 g/mol. The van der Waals surface area contributed by atoms with Gasteiger partial charge in [-0.3, -0.25) is 19.3 Å². The van der Waals surface area contributed by atoms with Crippen LogP contribution in [0.15, 0.2) is 110 Å². The molecule has 9 aromatic heterocycles. The summed E-state index contributed by atoms with van der Waals surface area (Å²) in [5.74, 6) is 11.6. The van der Waals surface area contributed by atoms with Crippen molar-refractivity contribution in [2.24, 2.45) is 0 Å². The van der Waals surface area contributed by atoms with Crippen molar-refractivity contribution >= 4 is 51.7 Å². The van der Waals surface area contributed by atoms with Crippen molar-refractivity contribution in [3.63, 3.8) is 0 Å². The maximum absolute atomic E-state index is 12.2. The minimum atomic E-state index is -0.254. The zero-order chi connectivity index (χ0) is 67.2. The number of rotatable bonds is 15. The molecule has 13 rings (SSSR count). The SMILES string of the molecule is C#CC(=O)N1CC2CCN(c3ccc(-c4cc(OCC)cn5ncc(C#N)c45)cn3)CN2C1.C#CCC(=O)N1CCN(c2ccc(-c3cc(OCC)cn4ncc(C#N)c34)cn2)CC1.C#CCCC(=O)N1CCN(c2ccc(-c3cc(OCC)cn4ncc(C#N)c34)cn2)CC1. The number of fused-ring (bicyclic) bond motifs is 4. The number of carbonyl (C=O) groups is 3. The predicted octanol–water partition coefficient (Wildman–Crippen LogP) is 7.01. The minimum Gasteiger partial charge on any atom is -0.492 e. The fourth-order valence-corrected chi connectivity index (χ4v) is 12.3. The van der Waals surface area contributed by atoms with E-state index in [-0.39, 0.29) is 24.1 Å². The molecule has 96 heavy (non-hydrogen) atoms. The average Bonchev–Trinajstić information content (AvgIpc) is 1.56. The fourth-order valence-electron chi connectivity index (χ4n) is 12.3. The number of terminal acetylenes is 3. The van der Waals surface area contributed by atoms with E-state index in [1.165, 1.54) is 0 Å². The first kappa shape index (κ1) is 65.3. The fraction of sp³-hybridized carbons (Fsp3) is 0.324. The lowest BCUT2D eigenvalue weighted by Crippen LogP contribution is -2.49. The molecule has 4 saturated heterocycles. The van der Waals surface area contributed by atoms with Crippen molar-refractivity contribution in [2.45, 2.75) is 52.5 Å². The summed E-state index contributed by atoms with van der Waals surface area (Å²) in [6.45, 7) is 15.6. The zero-order valence-electron chi connectivity index (χ0n) is 53.6. The summed E-state index contributed by atoms with van der Waals surface area (Å²) in [5, 5.41) is 41.4. The van der Waals surface area contributed by atoms with Gasteiger partial charge in [-0.25, -0.2) is 28.5 Å². The van der Waals surface area contributed by atoms with Gasteiger partial charge in [0.1, 0.15) is 52.9 Å². The number of anilines is 3. The van der Waals surface area contributed by atoms with E-state index in [1.54, 1.807) is 72.9 Å². The van der Waals surface area contributed by atoms with E-state index in [4.69, 9.17) is 38.5 Å². The first-order valence-electron chi connectivity index (χ1n) is 31.6. The summed E-state index contributed by atoms with van der Waals surface area (Å²) in [6.07, 6.45) is 33.1. The molecule has 0 N–H and O–H groups in total. The highest BCUT2D eigenvalue weighted by atomic mass is 16.5. The molecule has 3 amide bonds. The Hall–Kier alpha value is -12.2. The quantitative estimate of drug-likeness (QED) is 0.0935. The Bertz CT molecular complexity index is 4580. The molecule has 9 aromatic rings. The molecule has 4 aliphatic rings. The van der Waals surface area contributed by atoms with Crippen molar-refractivity contribution in [3.8, 4) is 106 Å². The topological polar surface area (TPSA) is 264 Å². The lowest BCUT2D eigenvalue weighted by atomic mass is 10.1. The van der Waals surface area contributed by atoms with Crippen LogP contribution in [0.3, 0.4) is 0 Å². The Labute approximate surface area is 555 Å². The monoisotopic (exact) mass is 1280 g/mol. The summed E-state index contributed by atoms with van der Waals surface area (Å²) >= 11 is 0. The maximum atomic E-state index is 12.2. The zero-order valence-corrected chi connectivity index (χ0v) is 53.6. The van der Waals surface area contributed by atoms with Crippen LogP contribution in [0, 0.1) is 71.0 Å². The van der Waals surface area contributed by atoms with Crippen molar-refractivity contribution in [1.29, 1.82) is 15.8 Å². The molecule has 484 valence electrons. The highest BCUT2D eigenvalue weighted by molar-refractivity contribution is 5.93. The summed E-state index contributed by atoms with van der Waals surface area (Å²) < 4.78 is 22.0. The van der Waals surface area contributed by atoms with Gasteiger partial charge in [0, 0.05) is 136 Å². The molecule has 1 unspecified atom stereocenters. The number of nitrogens with zero attached hydrogens (tertiary/aromatic N) is 19. The van der Waals surface area contributed by atoms with Gasteiger partial charge in [-0.2, -0.15) is 31.1 Å². The van der Waals surface area contributed by atoms with Crippen LogP contribution in [0.25, 0.3) is 49.9 Å². The second-order valence-electron chi connectivity index (χ2n) is 22.7. The van der Waals surface area contributed by atoms with E-state index in [0.717, 1.165) is 93.4 Å². The molecule has 25 heteroatoms. The number of piperazine rings is 2. The Morgan fingerprint density at radius 1 is 0.510 bits per heavy atom. The Kier molecular flexibility index (Phi) is 20.5. The molecule has 0 aliphatic carbocycles. The third-order valence-corrected chi connectivity index (χ3v) is 17.0. The second kappa shape index (κ2) is 30.1. The van der Waals surface area contributed by atoms with E-state index < -0.39 is 0 Å². The molecule has 0 bridgehead atoms. The van der Waals surface area contributed by atoms with E-state index in [9.17, 15) is 30.2 Å². The van der Waals surface area contributed by atoms with Gasteiger partial charge < -0.3 is 43.6 Å². The molecule has 4 aliphatic heterocycles. The standard InChI is InChI=1S/C24H23N7O2.C24H24N6O2.C23H22N6O2/c1-3-23(32)29-13-19-7-8-28(15-30(19)16-29)22-6-5-17(11-26-22)21-9-20(33-4-2)14-31-24(21)18(10-25)12-27-31;1-3-5-6-23(31)29-11-9-28(10-12-29)22-8-7-18(15-26-22)21-13-20(32-4-2)17-30-24(21)19(14-25)16-27-30;1-3-5-22(30)28-10-8-27(9-11-28)21-7-6-17(14-25-21)20-12-19(31-4-2)16-29-23(20)18(13-24)15-26-29/h1,5-6,9,11-12,14,19H,4,7-8,13,15-16H2,2H3;1,7-8,13,15-17H,4-6,9-12H2,2H3;1,6-7,12,14-16H,4-5,8-11H2,2H3. The summed E-state index contributed by atoms with van der Waals surface area (Å²) in [7, 11) is 0. The number of ether oxygens (including phenoxy) is 3. The van der Waals surface area contributed by atoms with Crippen LogP contribution in [0.1, 0.15) is 63.1 Å². The van der Waals surface area contributed by atoms with E-state index in [2.05, 4.69) is 80.8 Å². The van der Waals surface area contributed by atoms with Crippen LogP contribution < -0.4 is 28.9 Å². The number of pyridine rings is 6. The van der Waals surface area contributed by atoms with Gasteiger partial charge in [0.2, 0.25) is 11.8 Å². The number of carbonyl (C=O) groups excluding carboxylic acids is 3. The largest absolute Gasteiger partial charge is 0.492 e. The number of amides is 3. The maximum Gasteiger partial charge on any atom is 0.299 e. The summed E-state index contributed by atoms with van der Waals surface area (Å²) in [4.78, 5) is 64.2. The molecular weight excluding hydrogens is 1210 g/mol. The van der Waals surface area contributed by atoms with Crippen molar-refractivity contribution < 1.29 is 28.6 Å². The number of nitriles is 3. The third kappa shape index (κ3) is 14.2. The lowest BCUT2D eigenvalue weighted by Gasteiger charge is -2.37. The molecule has 25 nitrogen and oxygen atoms in total. The lowest BCUT2D eigenvalue weighted by molar-refractivity contribution is -0.131. The van der Waals surface area contributed by atoms with Crippen LogP contribution in [-0.4, -0.2) is 186 Å². The van der Waals surface area contributed by atoms with Crippen LogP contribution in [-0.2, 0) is 14.4 Å². The minimum absolute atomic E-state index is 0.00208. The normalized spacial score (nSPS) is 15.2. The first-order chi connectivity index (χ1) is 46.9. The smallest absolute Gasteiger partial charge is 0.299 e. The van der Waals surface area contributed by atoms with Gasteiger partial charge in [0.05, 0.1) is 110 Å². The third-order valence-electron chi connectivity index (χ3n) is 17.0. The van der Waals surface area contributed by atoms with Gasteiger partial charge >= 0.3 is 0 Å². The molecular formula is C71H69N19O6. The summed E-state index contributed by atoms with van der Waals surface area (Å²) in [5.41, 5.74) is 8.82. The second-order valence-corrected chi connectivity index (χ2v) is 22.7. The number of aromatic nitrogens is 9. The van der Waals surface area contributed by atoms with E-state index in [1.807, 2.05) is 86.5 Å². The van der Waals surface area contributed by atoms with Crippen LogP contribution >= 0.6 is 0 Å². The molecule has 13 heterocycles. The Balaban J connectivity index is 0.000000146. The number of hydrogen-bond donors (Lipinski definition) is 0. The van der Waals surface area contributed by atoms with Gasteiger partial charge in [-0.15, -0.1) is 25.2 Å². The van der Waals surface area contributed by atoms with Crippen molar-refractivity contribution in [1.82, 2.24) is 63.4 Å². The number of hydrogen-bond acceptors (Lipinski definition) is 19. The van der Waals surface area contributed by atoms with Crippen LogP contribution in [0.2, 0.25) is 0 Å². The molecule has 0 radical (unpaired) electrons. The molecule has 0 saturated carbocycles. The molecule has 4 fully saturated rings. The predicted molar refractivity (Wildman–Crippen MR) is 360 cm³/mol. The van der Waals surface area contributed by atoms with Gasteiger partial charge in [0.15, 0.2) is 0 Å². The Morgan fingerprint density at radius 3 is 1.29 bits per heavy atom.